The van der Waals surface area contributed by atoms with Gasteiger partial charge in [-0.25, -0.2) is 17.5 Å². The van der Waals surface area contributed by atoms with Crippen molar-refractivity contribution in [1.82, 2.24) is 4.31 Å². The van der Waals surface area contributed by atoms with Gasteiger partial charge in [0.15, 0.2) is 0 Å². The van der Waals surface area contributed by atoms with E-state index in [9.17, 15) is 18.0 Å². The first-order chi connectivity index (χ1) is 16.2. The van der Waals surface area contributed by atoms with Crippen molar-refractivity contribution in [2.24, 2.45) is 0 Å². The van der Waals surface area contributed by atoms with Gasteiger partial charge < -0.3 is 10.1 Å². The number of amides is 1. The molecule has 34 heavy (non-hydrogen) atoms. The number of hydrogen-bond donors (Lipinski definition) is 1. The van der Waals surface area contributed by atoms with Crippen molar-refractivity contribution >= 4 is 44.8 Å². The van der Waals surface area contributed by atoms with Crippen molar-refractivity contribution in [1.29, 1.82) is 0 Å². The monoisotopic (exact) mass is 496 g/mol. The summed E-state index contributed by atoms with van der Waals surface area (Å²) >= 11 is 6.19. The zero-order chi connectivity index (χ0) is 24.5. The van der Waals surface area contributed by atoms with E-state index in [0.29, 0.717) is 21.8 Å². The molecule has 0 aromatic heterocycles. The summed E-state index contributed by atoms with van der Waals surface area (Å²) in [5.41, 5.74) is 2.39. The Morgan fingerprint density at radius 1 is 1.00 bits per heavy atom. The minimum atomic E-state index is -4.28. The summed E-state index contributed by atoms with van der Waals surface area (Å²) in [5.74, 6) is -1.50. The number of halogens is 1. The van der Waals surface area contributed by atoms with E-state index in [1.807, 2.05) is 19.1 Å². The van der Waals surface area contributed by atoms with Gasteiger partial charge in [0.05, 0.1) is 12.0 Å². The average Bonchev–Trinajstić information content (AvgIpc) is 2.82. The van der Waals surface area contributed by atoms with Crippen LogP contribution in [0.3, 0.4) is 0 Å². The molecule has 0 unspecified atom stereocenters. The van der Waals surface area contributed by atoms with Crippen molar-refractivity contribution in [3.05, 3.63) is 100 Å². The van der Waals surface area contributed by atoms with Gasteiger partial charge in [-0.2, -0.15) is 0 Å². The minimum Gasteiger partial charge on any atom is -0.464 e. The molecule has 174 valence electrons. The maximum Gasteiger partial charge on any atom is 0.356 e. The van der Waals surface area contributed by atoms with E-state index in [2.05, 4.69) is 5.32 Å². The number of aryl methyl sites for hydroxylation is 1. The standard InChI is InChI=1S/C25H21ClN2O5S/c1-16-8-11-19(12-9-16)27-22(29)15-28-24(25(30)33-2)23(17-6-4-3-5-7-17)20-14-18(26)10-13-21(20)34(28,31)32/h3-14H,15H2,1-2H3,(H,27,29). The molecule has 4 rings (SSSR count). The van der Waals surface area contributed by atoms with Crippen molar-refractivity contribution in [3.63, 3.8) is 0 Å². The molecule has 1 N–H and O–H groups in total. The number of nitrogens with zero attached hydrogens (tertiary/aromatic N) is 1. The van der Waals surface area contributed by atoms with Crippen LogP contribution in [0.25, 0.3) is 5.57 Å². The normalized spacial score (nSPS) is 14.4. The summed E-state index contributed by atoms with van der Waals surface area (Å²) in [4.78, 5) is 25.8. The third-order valence-electron chi connectivity index (χ3n) is 5.33. The van der Waals surface area contributed by atoms with Gasteiger partial charge in [-0.3, -0.25) is 4.79 Å². The SMILES string of the molecule is COC(=O)C1=C(c2ccccc2)c2cc(Cl)ccc2S(=O)(=O)N1CC(=O)Nc1ccc(C)cc1. The predicted molar refractivity (Wildman–Crippen MR) is 130 cm³/mol. The van der Waals surface area contributed by atoms with Crippen LogP contribution < -0.4 is 5.32 Å². The molecule has 0 fully saturated rings. The largest absolute Gasteiger partial charge is 0.464 e. The van der Waals surface area contributed by atoms with E-state index >= 15 is 0 Å². The van der Waals surface area contributed by atoms with Gasteiger partial charge >= 0.3 is 5.97 Å². The summed E-state index contributed by atoms with van der Waals surface area (Å²) in [7, 11) is -3.13. The summed E-state index contributed by atoms with van der Waals surface area (Å²) in [6.07, 6.45) is 0. The van der Waals surface area contributed by atoms with Crippen LogP contribution in [0.15, 0.2) is 83.4 Å². The molecule has 0 saturated heterocycles. The second-order valence-electron chi connectivity index (χ2n) is 7.65. The average molecular weight is 497 g/mol. The van der Waals surface area contributed by atoms with Gasteiger partial charge in [-0.05, 0) is 42.8 Å². The molecule has 1 aliphatic rings. The van der Waals surface area contributed by atoms with E-state index in [1.54, 1.807) is 42.5 Å². The molecule has 0 bridgehead atoms. The van der Waals surface area contributed by atoms with E-state index < -0.39 is 28.4 Å². The smallest absolute Gasteiger partial charge is 0.356 e. The van der Waals surface area contributed by atoms with Gasteiger partial charge in [0.2, 0.25) is 5.91 Å². The number of rotatable bonds is 5. The lowest BCUT2D eigenvalue weighted by molar-refractivity contribution is -0.137. The molecule has 0 saturated carbocycles. The fraction of sp³-hybridized carbons (Fsp3) is 0.120. The number of esters is 1. The Morgan fingerprint density at radius 2 is 1.68 bits per heavy atom. The second-order valence-corrected chi connectivity index (χ2v) is 9.91. The number of hydrogen-bond acceptors (Lipinski definition) is 5. The third-order valence-corrected chi connectivity index (χ3v) is 7.37. The first-order valence-electron chi connectivity index (χ1n) is 10.3. The summed E-state index contributed by atoms with van der Waals surface area (Å²) in [6, 6.07) is 20.2. The number of benzene rings is 3. The molecule has 9 heteroatoms. The van der Waals surface area contributed by atoms with Crippen LogP contribution in [0.5, 0.6) is 0 Å². The highest BCUT2D eigenvalue weighted by Crippen LogP contribution is 2.41. The van der Waals surface area contributed by atoms with Crippen LogP contribution in [-0.4, -0.2) is 38.3 Å². The molecular weight excluding hydrogens is 476 g/mol. The highest BCUT2D eigenvalue weighted by Gasteiger charge is 2.41. The summed E-state index contributed by atoms with van der Waals surface area (Å²) < 4.78 is 33.0. The molecule has 1 amide bonds. The van der Waals surface area contributed by atoms with Crippen molar-refractivity contribution in [3.8, 4) is 0 Å². The topological polar surface area (TPSA) is 92.8 Å². The molecule has 3 aromatic carbocycles. The molecule has 1 aliphatic heterocycles. The minimum absolute atomic E-state index is 0.0634. The zero-order valence-electron chi connectivity index (χ0n) is 18.4. The van der Waals surface area contributed by atoms with Gasteiger partial charge in [0, 0.05) is 21.8 Å². The van der Waals surface area contributed by atoms with Crippen LogP contribution >= 0.6 is 11.6 Å². The van der Waals surface area contributed by atoms with Crippen LogP contribution in [0, 0.1) is 6.92 Å². The number of carbonyl (C=O) groups excluding carboxylic acids is 2. The Hall–Kier alpha value is -3.62. The molecule has 0 aliphatic carbocycles. The Kier molecular flexibility index (Phi) is 6.45. The number of sulfonamides is 1. The third kappa shape index (κ3) is 4.42. The highest BCUT2D eigenvalue weighted by atomic mass is 35.5. The number of ether oxygens (including phenoxy) is 1. The van der Waals surface area contributed by atoms with Gasteiger partial charge in [0.1, 0.15) is 12.2 Å². The molecular formula is C25H21ClN2O5S. The van der Waals surface area contributed by atoms with Gasteiger partial charge in [0.25, 0.3) is 10.0 Å². The quantitative estimate of drug-likeness (QED) is 0.534. The number of nitrogens with one attached hydrogen (secondary N) is 1. The van der Waals surface area contributed by atoms with Crippen LogP contribution in [0.4, 0.5) is 5.69 Å². The fourth-order valence-corrected chi connectivity index (χ4v) is 5.52. The van der Waals surface area contributed by atoms with Gasteiger partial charge in [-0.1, -0.05) is 59.6 Å². The van der Waals surface area contributed by atoms with Gasteiger partial charge in [-0.15, -0.1) is 0 Å². The van der Waals surface area contributed by atoms with Crippen molar-refractivity contribution in [2.75, 3.05) is 19.0 Å². The lowest BCUT2D eigenvalue weighted by Gasteiger charge is -2.32. The van der Waals surface area contributed by atoms with E-state index in [-0.39, 0.29) is 16.2 Å². The second kappa shape index (κ2) is 9.32. The maximum atomic E-state index is 13.6. The summed E-state index contributed by atoms with van der Waals surface area (Å²) in [5, 5.41) is 2.98. The van der Waals surface area contributed by atoms with E-state index in [0.717, 1.165) is 17.0 Å². The van der Waals surface area contributed by atoms with Crippen molar-refractivity contribution in [2.45, 2.75) is 11.8 Å². The predicted octanol–water partition coefficient (Wildman–Crippen LogP) is 4.22. The van der Waals surface area contributed by atoms with Crippen LogP contribution in [0.1, 0.15) is 16.7 Å². The Labute approximate surface area is 202 Å². The highest BCUT2D eigenvalue weighted by molar-refractivity contribution is 7.89. The van der Waals surface area contributed by atoms with E-state index in [4.69, 9.17) is 16.3 Å². The Balaban J connectivity index is 1.88. The molecule has 0 atom stereocenters. The van der Waals surface area contributed by atoms with E-state index in [1.165, 1.54) is 18.2 Å². The summed E-state index contributed by atoms with van der Waals surface area (Å²) in [6.45, 7) is 1.28. The van der Waals surface area contributed by atoms with Crippen LogP contribution in [-0.2, 0) is 24.3 Å². The Morgan fingerprint density at radius 3 is 2.32 bits per heavy atom. The fourth-order valence-electron chi connectivity index (χ4n) is 3.74. The number of carbonyl (C=O) groups is 2. The maximum absolute atomic E-state index is 13.6. The molecule has 1 heterocycles. The molecule has 0 spiro atoms. The molecule has 7 nitrogen and oxygen atoms in total. The Bertz CT molecular complexity index is 1400. The van der Waals surface area contributed by atoms with Crippen LogP contribution in [0.2, 0.25) is 5.02 Å². The number of anilines is 1. The number of methoxy groups -OCH3 is 1. The first kappa shape index (κ1) is 23.5. The zero-order valence-corrected chi connectivity index (χ0v) is 20.0. The number of fused-ring (bicyclic) bond motifs is 1. The lowest BCUT2D eigenvalue weighted by atomic mass is 9.95. The van der Waals surface area contributed by atoms with Crippen molar-refractivity contribution < 1.29 is 22.7 Å². The molecule has 3 aromatic rings. The lowest BCUT2D eigenvalue weighted by Crippen LogP contribution is -2.43. The molecule has 0 radical (unpaired) electrons. The first-order valence-corrected chi connectivity index (χ1v) is 12.1.